The Bertz CT molecular complexity index is 617. The Hall–Kier alpha value is -1.88. The van der Waals surface area contributed by atoms with Crippen molar-refractivity contribution < 1.29 is 0 Å². The quantitative estimate of drug-likeness (QED) is 0.893. The van der Waals surface area contributed by atoms with E-state index in [0.29, 0.717) is 6.54 Å². The molecule has 1 unspecified atom stereocenters. The zero-order chi connectivity index (χ0) is 14.1. The van der Waals surface area contributed by atoms with E-state index >= 15 is 0 Å². The minimum absolute atomic E-state index is 0.268. The number of aryl methyl sites for hydroxylation is 2. The minimum atomic E-state index is 0.268. The molecule has 3 N–H and O–H groups in total. The van der Waals surface area contributed by atoms with Crippen molar-refractivity contribution in [2.45, 2.75) is 32.7 Å². The number of rotatable bonds is 3. The van der Waals surface area contributed by atoms with E-state index in [1.54, 1.807) is 0 Å². The van der Waals surface area contributed by atoms with E-state index in [2.05, 4.69) is 47.4 Å². The molecule has 0 saturated heterocycles. The van der Waals surface area contributed by atoms with Crippen LogP contribution in [-0.2, 0) is 6.42 Å². The molecule has 0 amide bonds. The molecule has 20 heavy (non-hydrogen) atoms. The predicted octanol–water partition coefficient (Wildman–Crippen LogP) is 1.80. The number of nitrogens with two attached hydrogens (primary N) is 1. The molecule has 5 heteroatoms. The molecule has 1 aliphatic heterocycles. The van der Waals surface area contributed by atoms with Gasteiger partial charge in [-0.25, -0.2) is 4.68 Å². The number of nitrogens with zero attached hydrogens (tertiary/aromatic N) is 3. The molecule has 2 heterocycles. The first-order valence-electron chi connectivity index (χ1n) is 7.15. The average Bonchev–Trinajstić information content (AvgIpc) is 2.84. The highest BCUT2D eigenvalue weighted by Gasteiger charge is 2.24. The molecule has 0 bridgehead atoms. The molecule has 0 aliphatic carbocycles. The fourth-order valence-corrected chi connectivity index (χ4v) is 2.66. The Balaban J connectivity index is 1.98. The first-order valence-corrected chi connectivity index (χ1v) is 7.15. The van der Waals surface area contributed by atoms with E-state index < -0.39 is 0 Å². The van der Waals surface area contributed by atoms with Crippen LogP contribution >= 0.6 is 0 Å². The molecule has 5 nitrogen and oxygen atoms in total. The van der Waals surface area contributed by atoms with Gasteiger partial charge >= 0.3 is 0 Å². The molecule has 106 valence electrons. The number of anilines is 1. The average molecular weight is 271 g/mol. The van der Waals surface area contributed by atoms with Crippen molar-refractivity contribution >= 4 is 5.95 Å². The number of nitrogens with one attached hydrogen (secondary N) is 1. The van der Waals surface area contributed by atoms with Gasteiger partial charge in [0.1, 0.15) is 0 Å². The van der Waals surface area contributed by atoms with Crippen LogP contribution in [0.2, 0.25) is 0 Å². The summed E-state index contributed by atoms with van der Waals surface area (Å²) in [6.45, 7) is 5.81. The summed E-state index contributed by atoms with van der Waals surface area (Å²) in [5.74, 6) is 1.69. The first kappa shape index (κ1) is 13.1. The SMILES string of the molecule is Cc1ccc(C2CCNc3nc(CCN)nn32)cc1C. The first-order chi connectivity index (χ1) is 9.69. The lowest BCUT2D eigenvalue weighted by atomic mass is 9.98. The molecule has 0 spiro atoms. The summed E-state index contributed by atoms with van der Waals surface area (Å²) >= 11 is 0. The molecule has 2 aromatic rings. The monoisotopic (exact) mass is 271 g/mol. The molecule has 3 rings (SSSR count). The van der Waals surface area contributed by atoms with E-state index in [4.69, 9.17) is 5.73 Å². The van der Waals surface area contributed by atoms with Gasteiger partial charge in [0, 0.05) is 13.0 Å². The van der Waals surface area contributed by atoms with Gasteiger partial charge in [0.05, 0.1) is 6.04 Å². The predicted molar refractivity (Wildman–Crippen MR) is 79.9 cm³/mol. The summed E-state index contributed by atoms with van der Waals surface area (Å²) in [4.78, 5) is 4.52. The van der Waals surface area contributed by atoms with Crippen molar-refractivity contribution in [1.29, 1.82) is 0 Å². The normalized spacial score (nSPS) is 17.6. The van der Waals surface area contributed by atoms with E-state index in [0.717, 1.165) is 31.2 Å². The van der Waals surface area contributed by atoms with Crippen LogP contribution < -0.4 is 11.1 Å². The maximum Gasteiger partial charge on any atom is 0.221 e. The molecule has 0 fully saturated rings. The van der Waals surface area contributed by atoms with Gasteiger partial charge < -0.3 is 11.1 Å². The lowest BCUT2D eigenvalue weighted by molar-refractivity contribution is 0.477. The summed E-state index contributed by atoms with van der Waals surface area (Å²) in [5, 5.41) is 7.93. The molecular weight excluding hydrogens is 250 g/mol. The van der Waals surface area contributed by atoms with Crippen LogP contribution in [0.25, 0.3) is 0 Å². The number of aromatic nitrogens is 3. The van der Waals surface area contributed by atoms with Gasteiger partial charge in [-0.3, -0.25) is 0 Å². The molecule has 1 aliphatic rings. The number of hydrogen-bond donors (Lipinski definition) is 2. The second kappa shape index (κ2) is 5.25. The maximum absolute atomic E-state index is 5.59. The van der Waals surface area contributed by atoms with Crippen molar-refractivity contribution in [2.24, 2.45) is 5.73 Å². The molecule has 1 aromatic heterocycles. The Morgan fingerprint density at radius 2 is 2.20 bits per heavy atom. The Morgan fingerprint density at radius 3 is 2.95 bits per heavy atom. The van der Waals surface area contributed by atoms with E-state index in [9.17, 15) is 0 Å². The summed E-state index contributed by atoms with van der Waals surface area (Å²) in [7, 11) is 0. The van der Waals surface area contributed by atoms with Crippen molar-refractivity contribution in [3.8, 4) is 0 Å². The van der Waals surface area contributed by atoms with Gasteiger partial charge in [0.25, 0.3) is 0 Å². The molecular formula is C15H21N5. The number of benzene rings is 1. The Labute approximate surface area is 119 Å². The van der Waals surface area contributed by atoms with Crippen LogP contribution in [0.1, 0.15) is 35.0 Å². The smallest absolute Gasteiger partial charge is 0.221 e. The van der Waals surface area contributed by atoms with Crippen LogP contribution in [-0.4, -0.2) is 27.9 Å². The Kier molecular flexibility index (Phi) is 3.44. The van der Waals surface area contributed by atoms with Crippen LogP contribution in [0.15, 0.2) is 18.2 Å². The van der Waals surface area contributed by atoms with Crippen LogP contribution in [0.5, 0.6) is 0 Å². The van der Waals surface area contributed by atoms with Crippen LogP contribution in [0.3, 0.4) is 0 Å². The fraction of sp³-hybridized carbons (Fsp3) is 0.467. The van der Waals surface area contributed by atoms with Crippen LogP contribution in [0, 0.1) is 13.8 Å². The summed E-state index contributed by atoms with van der Waals surface area (Å²) < 4.78 is 2.01. The molecule has 0 saturated carbocycles. The molecule has 1 aromatic carbocycles. The molecule has 1 atom stereocenters. The third-order valence-electron chi connectivity index (χ3n) is 3.95. The zero-order valence-corrected chi connectivity index (χ0v) is 12.1. The zero-order valence-electron chi connectivity index (χ0n) is 12.1. The standard InChI is InChI=1S/C15H21N5/c1-10-3-4-12(9-11(10)2)13-6-8-17-15-18-14(5-7-16)19-20(13)15/h3-4,9,13H,5-8,16H2,1-2H3,(H,17,18,19). The van der Waals surface area contributed by atoms with Crippen LogP contribution in [0.4, 0.5) is 5.95 Å². The Morgan fingerprint density at radius 1 is 1.35 bits per heavy atom. The van der Waals surface area contributed by atoms with E-state index in [-0.39, 0.29) is 6.04 Å². The lowest BCUT2D eigenvalue weighted by Gasteiger charge is -2.25. The van der Waals surface area contributed by atoms with Crippen molar-refractivity contribution in [1.82, 2.24) is 14.8 Å². The van der Waals surface area contributed by atoms with Gasteiger partial charge in [-0.15, -0.1) is 0 Å². The second-order valence-corrected chi connectivity index (χ2v) is 5.41. The lowest BCUT2D eigenvalue weighted by Crippen LogP contribution is -2.24. The highest BCUT2D eigenvalue weighted by Crippen LogP contribution is 2.29. The van der Waals surface area contributed by atoms with Crippen molar-refractivity contribution in [3.63, 3.8) is 0 Å². The largest absolute Gasteiger partial charge is 0.354 e. The van der Waals surface area contributed by atoms with Gasteiger partial charge in [0.15, 0.2) is 5.82 Å². The summed E-state index contributed by atoms with van der Waals surface area (Å²) in [6, 6.07) is 6.92. The summed E-state index contributed by atoms with van der Waals surface area (Å²) in [5.41, 5.74) is 9.54. The third-order valence-corrected chi connectivity index (χ3v) is 3.95. The van der Waals surface area contributed by atoms with Crippen molar-refractivity contribution in [2.75, 3.05) is 18.4 Å². The third kappa shape index (κ3) is 2.29. The minimum Gasteiger partial charge on any atom is -0.354 e. The maximum atomic E-state index is 5.59. The van der Waals surface area contributed by atoms with Gasteiger partial charge in [-0.2, -0.15) is 10.1 Å². The van der Waals surface area contributed by atoms with Gasteiger partial charge in [0.2, 0.25) is 5.95 Å². The fourth-order valence-electron chi connectivity index (χ4n) is 2.66. The second-order valence-electron chi connectivity index (χ2n) is 5.41. The van der Waals surface area contributed by atoms with Crippen molar-refractivity contribution in [3.05, 3.63) is 40.7 Å². The number of fused-ring (bicyclic) bond motifs is 1. The highest BCUT2D eigenvalue weighted by molar-refractivity contribution is 5.36. The summed E-state index contributed by atoms with van der Waals surface area (Å²) in [6.07, 6.45) is 1.75. The molecule has 0 radical (unpaired) electrons. The van der Waals surface area contributed by atoms with Gasteiger partial charge in [-0.05, 0) is 43.5 Å². The number of hydrogen-bond acceptors (Lipinski definition) is 4. The van der Waals surface area contributed by atoms with E-state index in [1.807, 2.05) is 4.68 Å². The topological polar surface area (TPSA) is 68.8 Å². The highest BCUT2D eigenvalue weighted by atomic mass is 15.4. The van der Waals surface area contributed by atoms with E-state index in [1.165, 1.54) is 16.7 Å². The van der Waals surface area contributed by atoms with Gasteiger partial charge in [-0.1, -0.05) is 18.2 Å².